The Bertz CT molecular complexity index is 273. The molecule has 1 rings (SSSR count). The van der Waals surface area contributed by atoms with Crippen LogP contribution in [-0.2, 0) is 11.3 Å². The molecule has 0 saturated heterocycles. The molecule has 0 aliphatic carbocycles. The molecule has 0 amide bonds. The van der Waals surface area contributed by atoms with E-state index in [0.29, 0.717) is 18.3 Å². The highest BCUT2D eigenvalue weighted by Crippen LogP contribution is 2.10. The Morgan fingerprint density at radius 2 is 2.21 bits per heavy atom. The van der Waals surface area contributed by atoms with Crippen molar-refractivity contribution in [2.75, 3.05) is 0 Å². The molecule has 80 valence electrons. The van der Waals surface area contributed by atoms with E-state index in [-0.39, 0.29) is 12.1 Å². The molecule has 1 unspecified atom stereocenters. The van der Waals surface area contributed by atoms with Gasteiger partial charge >= 0.3 is 0 Å². The summed E-state index contributed by atoms with van der Waals surface area (Å²) < 4.78 is 10.3. The Kier molecular flexibility index (Phi) is 4.03. The molecule has 0 bridgehead atoms. The lowest BCUT2D eigenvalue weighted by molar-refractivity contribution is 0.0485. The van der Waals surface area contributed by atoms with Crippen molar-refractivity contribution in [2.45, 2.75) is 45.9 Å². The molecule has 1 atom stereocenters. The predicted molar refractivity (Wildman–Crippen MR) is 51.4 cm³/mol. The largest absolute Gasteiger partial charge is 0.369 e. The summed E-state index contributed by atoms with van der Waals surface area (Å²) in [5.41, 5.74) is 5.74. The van der Waals surface area contributed by atoms with E-state index in [1.807, 2.05) is 20.8 Å². The quantitative estimate of drug-likeness (QED) is 0.776. The molecule has 0 aliphatic rings. The topological polar surface area (TPSA) is 74.2 Å². The van der Waals surface area contributed by atoms with Crippen LogP contribution in [0.25, 0.3) is 0 Å². The summed E-state index contributed by atoms with van der Waals surface area (Å²) in [5.74, 6) is 1.03. The average Bonchev–Trinajstić information content (AvgIpc) is 2.62. The SMILES string of the molecule is CCC(N)c1noc(COC(C)C)n1. The summed E-state index contributed by atoms with van der Waals surface area (Å²) in [6, 6.07) is -0.147. The summed E-state index contributed by atoms with van der Waals surface area (Å²) in [5, 5.41) is 3.77. The van der Waals surface area contributed by atoms with E-state index in [2.05, 4.69) is 10.1 Å². The van der Waals surface area contributed by atoms with Crippen LogP contribution in [0.2, 0.25) is 0 Å². The summed E-state index contributed by atoms with van der Waals surface area (Å²) in [6.45, 7) is 6.23. The zero-order valence-corrected chi connectivity index (χ0v) is 8.86. The van der Waals surface area contributed by atoms with Crippen molar-refractivity contribution in [1.29, 1.82) is 0 Å². The van der Waals surface area contributed by atoms with Gasteiger partial charge in [-0.15, -0.1) is 0 Å². The Hall–Kier alpha value is -0.940. The van der Waals surface area contributed by atoms with Crippen LogP contribution in [-0.4, -0.2) is 16.2 Å². The molecule has 2 N–H and O–H groups in total. The maximum Gasteiger partial charge on any atom is 0.252 e. The molecule has 0 radical (unpaired) electrons. The van der Waals surface area contributed by atoms with Gasteiger partial charge in [0.05, 0.1) is 12.1 Å². The van der Waals surface area contributed by atoms with E-state index in [0.717, 1.165) is 6.42 Å². The zero-order chi connectivity index (χ0) is 10.6. The van der Waals surface area contributed by atoms with Crippen LogP contribution in [0.1, 0.15) is 44.9 Å². The van der Waals surface area contributed by atoms with Crippen molar-refractivity contribution in [3.8, 4) is 0 Å². The van der Waals surface area contributed by atoms with E-state index in [4.69, 9.17) is 15.0 Å². The van der Waals surface area contributed by atoms with E-state index < -0.39 is 0 Å². The molecule has 0 fully saturated rings. The van der Waals surface area contributed by atoms with Crippen molar-refractivity contribution in [3.05, 3.63) is 11.7 Å². The highest BCUT2D eigenvalue weighted by atomic mass is 16.5. The molecule has 5 nitrogen and oxygen atoms in total. The highest BCUT2D eigenvalue weighted by Gasteiger charge is 2.12. The summed E-state index contributed by atoms with van der Waals surface area (Å²) >= 11 is 0. The van der Waals surface area contributed by atoms with Gasteiger partial charge in [0.15, 0.2) is 5.82 Å². The minimum atomic E-state index is -0.147. The lowest BCUT2D eigenvalue weighted by Crippen LogP contribution is -2.10. The zero-order valence-electron chi connectivity index (χ0n) is 8.86. The maximum absolute atomic E-state index is 5.74. The van der Waals surface area contributed by atoms with Crippen molar-refractivity contribution in [2.24, 2.45) is 5.73 Å². The minimum absolute atomic E-state index is 0.147. The standard InChI is InChI=1S/C9H17N3O2/c1-4-7(10)9-11-8(14-12-9)5-13-6(2)3/h6-7H,4-5,10H2,1-3H3. The molecule has 0 spiro atoms. The first-order chi connectivity index (χ1) is 6.63. The second-order valence-corrected chi connectivity index (χ2v) is 3.42. The number of nitrogens with zero attached hydrogens (tertiary/aromatic N) is 2. The summed E-state index contributed by atoms with van der Waals surface area (Å²) in [6.07, 6.45) is 0.953. The molecule has 0 saturated carbocycles. The first kappa shape index (κ1) is 11.1. The van der Waals surface area contributed by atoms with E-state index in [9.17, 15) is 0 Å². The van der Waals surface area contributed by atoms with Crippen molar-refractivity contribution >= 4 is 0 Å². The lowest BCUT2D eigenvalue weighted by Gasteiger charge is -2.02. The molecular weight excluding hydrogens is 182 g/mol. The average molecular weight is 199 g/mol. The fourth-order valence-electron chi connectivity index (χ4n) is 0.898. The van der Waals surface area contributed by atoms with Gasteiger partial charge in [-0.3, -0.25) is 0 Å². The predicted octanol–water partition coefficient (Wildman–Crippen LogP) is 1.40. The number of ether oxygens (including phenoxy) is 1. The number of hydrogen-bond donors (Lipinski definition) is 1. The van der Waals surface area contributed by atoms with Gasteiger partial charge < -0.3 is 15.0 Å². The third-order valence-corrected chi connectivity index (χ3v) is 1.80. The van der Waals surface area contributed by atoms with Gasteiger partial charge in [-0.25, -0.2) is 0 Å². The Morgan fingerprint density at radius 3 is 2.79 bits per heavy atom. The Labute approximate surface area is 83.6 Å². The molecular formula is C9H17N3O2. The first-order valence-electron chi connectivity index (χ1n) is 4.83. The highest BCUT2D eigenvalue weighted by molar-refractivity contribution is 4.91. The second kappa shape index (κ2) is 5.07. The maximum atomic E-state index is 5.74. The molecule has 14 heavy (non-hydrogen) atoms. The van der Waals surface area contributed by atoms with Crippen LogP contribution in [0.15, 0.2) is 4.52 Å². The Morgan fingerprint density at radius 1 is 1.50 bits per heavy atom. The van der Waals surface area contributed by atoms with Crippen molar-refractivity contribution in [1.82, 2.24) is 10.1 Å². The van der Waals surface area contributed by atoms with Crippen LogP contribution in [0.3, 0.4) is 0 Å². The fraction of sp³-hybridized carbons (Fsp3) is 0.778. The van der Waals surface area contributed by atoms with Gasteiger partial charge in [0.1, 0.15) is 6.61 Å². The molecule has 1 aromatic heterocycles. The van der Waals surface area contributed by atoms with Gasteiger partial charge in [-0.1, -0.05) is 12.1 Å². The number of aromatic nitrogens is 2. The van der Waals surface area contributed by atoms with E-state index in [1.165, 1.54) is 0 Å². The van der Waals surface area contributed by atoms with E-state index in [1.54, 1.807) is 0 Å². The van der Waals surface area contributed by atoms with Crippen LogP contribution in [0.4, 0.5) is 0 Å². The smallest absolute Gasteiger partial charge is 0.252 e. The second-order valence-electron chi connectivity index (χ2n) is 3.42. The van der Waals surface area contributed by atoms with Gasteiger partial charge in [-0.2, -0.15) is 4.98 Å². The summed E-state index contributed by atoms with van der Waals surface area (Å²) in [7, 11) is 0. The normalized spacial score (nSPS) is 13.5. The molecule has 0 aromatic carbocycles. The van der Waals surface area contributed by atoms with Crippen LogP contribution in [0, 0.1) is 0 Å². The number of nitrogens with two attached hydrogens (primary N) is 1. The van der Waals surface area contributed by atoms with E-state index >= 15 is 0 Å². The monoisotopic (exact) mass is 199 g/mol. The molecule has 5 heteroatoms. The van der Waals surface area contributed by atoms with Crippen molar-refractivity contribution < 1.29 is 9.26 Å². The summed E-state index contributed by atoms with van der Waals surface area (Å²) in [4.78, 5) is 4.13. The van der Waals surface area contributed by atoms with Gasteiger partial charge in [-0.05, 0) is 20.3 Å². The van der Waals surface area contributed by atoms with Crippen molar-refractivity contribution in [3.63, 3.8) is 0 Å². The minimum Gasteiger partial charge on any atom is -0.369 e. The Balaban J connectivity index is 2.50. The molecule has 0 aliphatic heterocycles. The third kappa shape index (κ3) is 3.08. The lowest BCUT2D eigenvalue weighted by atomic mass is 10.2. The fourth-order valence-corrected chi connectivity index (χ4v) is 0.898. The van der Waals surface area contributed by atoms with Gasteiger partial charge in [0, 0.05) is 0 Å². The van der Waals surface area contributed by atoms with Crippen LogP contribution in [0.5, 0.6) is 0 Å². The van der Waals surface area contributed by atoms with Crippen LogP contribution < -0.4 is 5.73 Å². The van der Waals surface area contributed by atoms with Gasteiger partial charge in [0.2, 0.25) is 0 Å². The molecule has 1 aromatic rings. The number of hydrogen-bond acceptors (Lipinski definition) is 5. The first-order valence-corrected chi connectivity index (χ1v) is 4.83. The number of rotatable bonds is 5. The van der Waals surface area contributed by atoms with Crippen LogP contribution >= 0.6 is 0 Å². The molecule has 1 heterocycles. The third-order valence-electron chi connectivity index (χ3n) is 1.80. The van der Waals surface area contributed by atoms with Gasteiger partial charge in [0.25, 0.3) is 5.89 Å².